The molecule has 3 nitrogen and oxygen atoms in total. The Morgan fingerprint density at radius 1 is 1.53 bits per heavy atom. The fourth-order valence-corrected chi connectivity index (χ4v) is 1.65. The van der Waals surface area contributed by atoms with Gasteiger partial charge in [0.15, 0.2) is 0 Å². The lowest BCUT2D eigenvalue weighted by molar-refractivity contribution is 0.0746. The fraction of sp³-hybridized carbons (Fsp3) is 0.417. The molecule has 0 aromatic heterocycles. The molecule has 1 aromatic carbocycles. The van der Waals surface area contributed by atoms with Crippen LogP contribution in [0.25, 0.3) is 0 Å². The number of rotatable bonds is 5. The number of carbonyl (C=O) groups is 1. The van der Waals surface area contributed by atoms with E-state index in [2.05, 4.69) is 17.9 Å². The van der Waals surface area contributed by atoms with Crippen LogP contribution in [0.15, 0.2) is 23.1 Å². The minimum atomic E-state index is -0.210. The van der Waals surface area contributed by atoms with Crippen molar-refractivity contribution in [2.24, 2.45) is 0 Å². The van der Waals surface area contributed by atoms with E-state index in [0.29, 0.717) is 28.6 Å². The lowest BCUT2D eigenvalue weighted by atomic mass is 10.2. The number of nitrogens with one attached hydrogen (secondary N) is 1. The van der Waals surface area contributed by atoms with Crippen molar-refractivity contribution >= 4 is 30.1 Å². The molecule has 94 valence electrons. The zero-order valence-electron chi connectivity index (χ0n) is 9.87. The van der Waals surface area contributed by atoms with Gasteiger partial charge in [0.25, 0.3) is 5.91 Å². The van der Waals surface area contributed by atoms with E-state index in [1.165, 1.54) is 0 Å². The Morgan fingerprint density at radius 3 is 2.88 bits per heavy atom. The summed E-state index contributed by atoms with van der Waals surface area (Å²) >= 11 is 10.1. The molecule has 0 aliphatic rings. The second-order valence-corrected chi connectivity index (χ2v) is 4.76. The van der Waals surface area contributed by atoms with E-state index in [0.717, 1.165) is 0 Å². The summed E-state index contributed by atoms with van der Waals surface area (Å²) in [4.78, 5) is 12.5. The Bertz CT molecular complexity index is 396. The number of benzene rings is 1. The second kappa shape index (κ2) is 6.89. The molecular weight excluding hydrogens is 258 g/mol. The number of hydrogen-bond acceptors (Lipinski definition) is 3. The van der Waals surface area contributed by atoms with Gasteiger partial charge in [-0.1, -0.05) is 11.6 Å². The summed E-state index contributed by atoms with van der Waals surface area (Å²) in [5, 5.41) is 3.16. The van der Waals surface area contributed by atoms with Crippen molar-refractivity contribution in [3.63, 3.8) is 0 Å². The lowest BCUT2D eigenvalue weighted by Crippen LogP contribution is -2.28. The molecule has 0 radical (unpaired) electrons. The predicted molar refractivity (Wildman–Crippen MR) is 72.1 cm³/mol. The van der Waals surface area contributed by atoms with Crippen LogP contribution in [0.4, 0.5) is 0 Å². The molecule has 1 amide bonds. The van der Waals surface area contributed by atoms with E-state index in [4.69, 9.17) is 16.3 Å². The predicted octanol–water partition coefficient (Wildman–Crippen LogP) is 2.78. The van der Waals surface area contributed by atoms with E-state index in [1.807, 2.05) is 13.8 Å². The van der Waals surface area contributed by atoms with Crippen LogP contribution in [0, 0.1) is 0 Å². The second-order valence-electron chi connectivity index (χ2n) is 3.84. The van der Waals surface area contributed by atoms with Crippen LogP contribution >= 0.6 is 24.2 Å². The summed E-state index contributed by atoms with van der Waals surface area (Å²) < 4.78 is 5.32. The SMILES string of the molecule is CC(C)OCCNC(=O)c1cc(S)ccc1Cl. The van der Waals surface area contributed by atoms with Gasteiger partial charge < -0.3 is 10.1 Å². The fourth-order valence-electron chi connectivity index (χ4n) is 1.24. The van der Waals surface area contributed by atoms with E-state index in [-0.39, 0.29) is 12.0 Å². The molecule has 1 N–H and O–H groups in total. The number of hydrogen-bond donors (Lipinski definition) is 2. The maximum atomic E-state index is 11.8. The highest BCUT2D eigenvalue weighted by molar-refractivity contribution is 7.80. The third kappa shape index (κ3) is 4.98. The number of halogens is 1. The molecule has 0 saturated carbocycles. The van der Waals surface area contributed by atoms with Crippen LogP contribution in [0.2, 0.25) is 5.02 Å². The van der Waals surface area contributed by atoms with Gasteiger partial charge in [-0.3, -0.25) is 4.79 Å². The minimum Gasteiger partial charge on any atom is -0.377 e. The van der Waals surface area contributed by atoms with E-state index < -0.39 is 0 Å². The molecule has 0 aliphatic heterocycles. The van der Waals surface area contributed by atoms with Crippen LogP contribution in [-0.4, -0.2) is 25.2 Å². The smallest absolute Gasteiger partial charge is 0.252 e. The molecule has 1 aromatic rings. The van der Waals surface area contributed by atoms with Gasteiger partial charge in [0, 0.05) is 11.4 Å². The highest BCUT2D eigenvalue weighted by atomic mass is 35.5. The topological polar surface area (TPSA) is 38.3 Å². The molecule has 5 heteroatoms. The van der Waals surface area contributed by atoms with Gasteiger partial charge in [-0.15, -0.1) is 12.6 Å². The quantitative estimate of drug-likeness (QED) is 0.640. The van der Waals surface area contributed by atoms with Crippen LogP contribution in [0.1, 0.15) is 24.2 Å². The summed E-state index contributed by atoms with van der Waals surface area (Å²) in [5.74, 6) is -0.210. The van der Waals surface area contributed by atoms with Gasteiger partial charge in [-0.2, -0.15) is 0 Å². The highest BCUT2D eigenvalue weighted by Crippen LogP contribution is 2.19. The van der Waals surface area contributed by atoms with Crippen LogP contribution in [0.3, 0.4) is 0 Å². The zero-order chi connectivity index (χ0) is 12.8. The van der Waals surface area contributed by atoms with E-state index >= 15 is 0 Å². The molecule has 0 spiro atoms. The van der Waals surface area contributed by atoms with Crippen molar-refractivity contribution in [3.8, 4) is 0 Å². The van der Waals surface area contributed by atoms with Gasteiger partial charge in [0.2, 0.25) is 0 Å². The standard InChI is InChI=1S/C12H16ClNO2S/c1-8(2)16-6-5-14-12(15)10-7-9(17)3-4-11(10)13/h3-4,7-8,17H,5-6H2,1-2H3,(H,14,15). The third-order valence-electron chi connectivity index (χ3n) is 2.03. The van der Waals surface area contributed by atoms with Crippen molar-refractivity contribution in [2.45, 2.75) is 24.8 Å². The molecule has 17 heavy (non-hydrogen) atoms. The van der Waals surface area contributed by atoms with Crippen molar-refractivity contribution in [1.82, 2.24) is 5.32 Å². The average molecular weight is 274 g/mol. The molecule has 1 rings (SSSR count). The molecule has 0 fully saturated rings. The van der Waals surface area contributed by atoms with Crippen molar-refractivity contribution in [1.29, 1.82) is 0 Å². The molecule has 0 bridgehead atoms. The van der Waals surface area contributed by atoms with Gasteiger partial charge in [0.05, 0.1) is 23.3 Å². The van der Waals surface area contributed by atoms with Gasteiger partial charge in [-0.25, -0.2) is 0 Å². The first-order valence-corrected chi connectivity index (χ1v) is 6.21. The molecule has 0 atom stereocenters. The average Bonchev–Trinajstić information content (AvgIpc) is 2.27. The van der Waals surface area contributed by atoms with Gasteiger partial charge in [-0.05, 0) is 32.0 Å². The number of amides is 1. The molecule has 0 saturated heterocycles. The van der Waals surface area contributed by atoms with Crippen LogP contribution in [-0.2, 0) is 4.74 Å². The molecular formula is C12H16ClNO2S. The van der Waals surface area contributed by atoms with E-state index in [1.54, 1.807) is 18.2 Å². The number of thiol groups is 1. The Labute approximate surface area is 112 Å². The van der Waals surface area contributed by atoms with Gasteiger partial charge >= 0.3 is 0 Å². The zero-order valence-corrected chi connectivity index (χ0v) is 11.5. The van der Waals surface area contributed by atoms with Crippen LogP contribution in [0.5, 0.6) is 0 Å². The Balaban J connectivity index is 2.49. The van der Waals surface area contributed by atoms with Crippen LogP contribution < -0.4 is 5.32 Å². The highest BCUT2D eigenvalue weighted by Gasteiger charge is 2.09. The maximum Gasteiger partial charge on any atom is 0.252 e. The van der Waals surface area contributed by atoms with Crippen molar-refractivity contribution in [3.05, 3.63) is 28.8 Å². The number of ether oxygens (including phenoxy) is 1. The van der Waals surface area contributed by atoms with Crippen molar-refractivity contribution in [2.75, 3.05) is 13.2 Å². The minimum absolute atomic E-state index is 0.163. The summed E-state index contributed by atoms with van der Waals surface area (Å²) in [6, 6.07) is 5.04. The lowest BCUT2D eigenvalue weighted by Gasteiger charge is -2.09. The molecule has 0 unspecified atom stereocenters. The summed E-state index contributed by atoms with van der Waals surface area (Å²) in [5.41, 5.74) is 0.434. The largest absolute Gasteiger partial charge is 0.377 e. The Morgan fingerprint density at radius 2 is 2.24 bits per heavy atom. The Kier molecular flexibility index (Phi) is 5.82. The Hall–Kier alpha value is -0.710. The first-order chi connectivity index (χ1) is 8.00. The third-order valence-corrected chi connectivity index (χ3v) is 2.64. The summed E-state index contributed by atoms with van der Waals surface area (Å²) in [7, 11) is 0. The summed E-state index contributed by atoms with van der Waals surface area (Å²) in [6.45, 7) is 4.85. The molecule has 0 aliphatic carbocycles. The first-order valence-electron chi connectivity index (χ1n) is 5.39. The van der Waals surface area contributed by atoms with Crippen molar-refractivity contribution < 1.29 is 9.53 Å². The monoisotopic (exact) mass is 273 g/mol. The first kappa shape index (κ1) is 14.4. The normalized spacial score (nSPS) is 10.6. The number of carbonyl (C=O) groups excluding carboxylic acids is 1. The van der Waals surface area contributed by atoms with E-state index in [9.17, 15) is 4.79 Å². The maximum absolute atomic E-state index is 11.8. The van der Waals surface area contributed by atoms with Gasteiger partial charge in [0.1, 0.15) is 0 Å². The summed E-state index contributed by atoms with van der Waals surface area (Å²) in [6.07, 6.45) is 0.163. The molecule has 0 heterocycles.